The maximum atomic E-state index is 14.8. The van der Waals surface area contributed by atoms with Crippen molar-refractivity contribution < 1.29 is 36.6 Å². The number of alkyl halides is 5. The summed E-state index contributed by atoms with van der Waals surface area (Å²) in [7, 11) is 0. The van der Waals surface area contributed by atoms with Gasteiger partial charge in [-0.2, -0.15) is 13.2 Å². The van der Waals surface area contributed by atoms with Gasteiger partial charge in [-0.1, -0.05) is 0 Å². The molecule has 0 bridgehead atoms. The number of aliphatic hydroxyl groups excluding tert-OH is 1. The van der Waals surface area contributed by atoms with Crippen LogP contribution in [0.1, 0.15) is 49.3 Å². The van der Waals surface area contributed by atoms with Crippen LogP contribution in [-0.2, 0) is 4.79 Å². The molecule has 1 saturated carbocycles. The number of nitrogens with one attached hydrogen (secondary N) is 2. The van der Waals surface area contributed by atoms with Crippen LogP contribution in [0.15, 0.2) is 29.2 Å². The molecule has 3 atom stereocenters. The lowest BCUT2D eigenvalue weighted by Crippen LogP contribution is -2.52. The lowest BCUT2D eigenvalue weighted by atomic mass is 9.86. The minimum Gasteiger partial charge on any atom is -0.476 e. The van der Waals surface area contributed by atoms with E-state index in [9.17, 15) is 36.6 Å². The van der Waals surface area contributed by atoms with Gasteiger partial charge in [0.15, 0.2) is 11.9 Å². The Balaban J connectivity index is 1.44. The van der Waals surface area contributed by atoms with Crippen LogP contribution in [0.3, 0.4) is 0 Å². The molecule has 0 aromatic carbocycles. The molecule has 0 spiro atoms. The van der Waals surface area contributed by atoms with Crippen LogP contribution in [0.2, 0.25) is 0 Å². The van der Waals surface area contributed by atoms with Crippen molar-refractivity contribution in [2.24, 2.45) is 5.92 Å². The number of pyridine rings is 1. The average Bonchev–Trinajstić information content (AvgIpc) is 3.67. The highest BCUT2D eigenvalue weighted by atomic mass is 19.4. The number of hydrogen-bond acceptors (Lipinski definition) is 7. The summed E-state index contributed by atoms with van der Waals surface area (Å²) in [6, 6.07) is 2.80. The number of carbonyl (C=O) groups excluding carboxylic acids is 1. The number of likely N-dealkylation sites (tertiary alicyclic amines) is 1. The summed E-state index contributed by atoms with van der Waals surface area (Å²) in [6.07, 6.45) is -5.81. The van der Waals surface area contributed by atoms with Crippen LogP contribution < -0.4 is 15.6 Å². The van der Waals surface area contributed by atoms with Gasteiger partial charge in [0, 0.05) is 31.8 Å². The second-order valence-electron chi connectivity index (χ2n) is 9.40. The van der Waals surface area contributed by atoms with Crippen molar-refractivity contribution in [3.05, 3.63) is 45.9 Å². The predicted octanol–water partition coefficient (Wildman–Crippen LogP) is 3.00. The quantitative estimate of drug-likeness (QED) is 0.448. The average molecular weight is 531 g/mol. The van der Waals surface area contributed by atoms with E-state index in [2.05, 4.69) is 15.5 Å². The maximum Gasteiger partial charge on any atom is 0.418 e. The fourth-order valence-corrected chi connectivity index (χ4v) is 4.07. The van der Waals surface area contributed by atoms with Crippen LogP contribution >= 0.6 is 0 Å². The van der Waals surface area contributed by atoms with Gasteiger partial charge in [-0.05, 0) is 43.4 Å². The lowest BCUT2D eigenvalue weighted by Gasteiger charge is -2.40. The maximum absolute atomic E-state index is 14.8. The first kappa shape index (κ1) is 26.9. The number of rotatable bonds is 8. The van der Waals surface area contributed by atoms with E-state index in [-0.39, 0.29) is 24.5 Å². The van der Waals surface area contributed by atoms with Crippen molar-refractivity contribution in [3.8, 4) is 5.88 Å². The zero-order valence-corrected chi connectivity index (χ0v) is 19.8. The SMILES string of the molecule is C[C@@H](C(=O)Nc1ccc(OCC2CC2)nn1)N1CCC(F)(F)[C@@H](c2c[nH]c(=O)c([C@@H](O)C(F)(F)F)c2)C1. The van der Waals surface area contributed by atoms with Crippen molar-refractivity contribution in [1.29, 1.82) is 0 Å². The number of hydrogen-bond donors (Lipinski definition) is 3. The molecule has 2 aromatic heterocycles. The van der Waals surface area contributed by atoms with Gasteiger partial charge in [0.1, 0.15) is 0 Å². The van der Waals surface area contributed by atoms with E-state index < -0.39 is 53.6 Å². The Morgan fingerprint density at radius 2 is 2.05 bits per heavy atom. The topological polar surface area (TPSA) is 120 Å². The van der Waals surface area contributed by atoms with E-state index in [1.165, 1.54) is 17.9 Å². The van der Waals surface area contributed by atoms with Crippen LogP contribution in [0.25, 0.3) is 0 Å². The fraction of sp³-hybridized carbons (Fsp3) is 0.565. The third-order valence-electron chi connectivity index (χ3n) is 6.60. The number of H-pyrrole nitrogens is 1. The molecule has 0 radical (unpaired) electrons. The fourth-order valence-electron chi connectivity index (χ4n) is 4.07. The Morgan fingerprint density at radius 3 is 2.68 bits per heavy atom. The summed E-state index contributed by atoms with van der Waals surface area (Å²) in [4.78, 5) is 28.1. The number of aliphatic hydroxyl groups is 1. The van der Waals surface area contributed by atoms with Crippen molar-refractivity contribution >= 4 is 11.7 Å². The molecule has 2 aromatic rings. The zero-order chi connectivity index (χ0) is 27.0. The number of nitrogens with zero attached hydrogens (tertiary/aromatic N) is 3. The first-order valence-electron chi connectivity index (χ1n) is 11.7. The smallest absolute Gasteiger partial charge is 0.418 e. The molecule has 14 heteroatoms. The number of carbonyl (C=O) groups is 1. The van der Waals surface area contributed by atoms with Gasteiger partial charge in [-0.15, -0.1) is 10.2 Å². The standard InChI is InChI=1S/C23H26F5N5O4/c1-12(20(35)30-17-4-5-18(32-31-17)37-11-13-2-3-13)33-7-6-22(24,25)16(10-33)14-8-15(21(36)29-9-14)19(34)23(26,27)28/h4-5,8-9,12-13,16,19,34H,2-3,6-7,10-11H2,1H3,(H,29,36)(H,30,31,35)/t12-,16+,19+/m0/s1. The second kappa shape index (κ2) is 10.3. The number of aromatic nitrogens is 3. The van der Waals surface area contributed by atoms with Gasteiger partial charge in [0.25, 0.3) is 11.5 Å². The van der Waals surface area contributed by atoms with Crippen LogP contribution in [0, 0.1) is 5.92 Å². The van der Waals surface area contributed by atoms with Crippen molar-refractivity contribution in [3.63, 3.8) is 0 Å². The van der Waals surface area contributed by atoms with Crippen molar-refractivity contribution in [2.75, 3.05) is 25.0 Å². The molecule has 2 aliphatic rings. The number of piperidine rings is 1. The number of halogens is 5. The molecule has 37 heavy (non-hydrogen) atoms. The molecule has 1 aliphatic heterocycles. The summed E-state index contributed by atoms with van der Waals surface area (Å²) in [5, 5.41) is 19.8. The Bertz CT molecular complexity index is 1170. The van der Waals surface area contributed by atoms with Crippen LogP contribution in [0.4, 0.5) is 27.8 Å². The summed E-state index contributed by atoms with van der Waals surface area (Å²) < 4.78 is 74.0. The second-order valence-corrected chi connectivity index (χ2v) is 9.40. The molecule has 4 rings (SSSR count). The van der Waals surface area contributed by atoms with Gasteiger partial charge < -0.3 is 20.1 Å². The van der Waals surface area contributed by atoms with Gasteiger partial charge >= 0.3 is 6.18 Å². The van der Waals surface area contributed by atoms with Gasteiger partial charge in [0.05, 0.1) is 24.1 Å². The third-order valence-corrected chi connectivity index (χ3v) is 6.60. The molecule has 1 amide bonds. The predicted molar refractivity (Wildman–Crippen MR) is 120 cm³/mol. The first-order valence-corrected chi connectivity index (χ1v) is 11.7. The Hall–Kier alpha value is -3.13. The van der Waals surface area contributed by atoms with Gasteiger partial charge in [-0.25, -0.2) is 8.78 Å². The first-order chi connectivity index (χ1) is 17.3. The zero-order valence-electron chi connectivity index (χ0n) is 19.8. The minimum absolute atomic E-state index is 0.140. The van der Waals surface area contributed by atoms with Gasteiger partial charge in [0.2, 0.25) is 11.8 Å². The molecule has 202 valence electrons. The third kappa shape index (κ3) is 6.42. The summed E-state index contributed by atoms with van der Waals surface area (Å²) in [6.45, 7) is 1.51. The van der Waals surface area contributed by atoms with Gasteiger partial charge in [-0.3, -0.25) is 14.5 Å². The number of anilines is 1. The number of amides is 1. The lowest BCUT2D eigenvalue weighted by molar-refractivity contribution is -0.207. The van der Waals surface area contributed by atoms with E-state index in [0.29, 0.717) is 24.5 Å². The molecule has 9 nitrogen and oxygen atoms in total. The normalized spacial score (nSPS) is 21.8. The van der Waals surface area contributed by atoms with E-state index in [4.69, 9.17) is 4.74 Å². The monoisotopic (exact) mass is 531 g/mol. The van der Waals surface area contributed by atoms with E-state index >= 15 is 0 Å². The van der Waals surface area contributed by atoms with E-state index in [0.717, 1.165) is 19.0 Å². The number of ether oxygens (including phenoxy) is 1. The Kier molecular flexibility index (Phi) is 7.51. The van der Waals surface area contributed by atoms with E-state index in [1.54, 1.807) is 6.07 Å². The van der Waals surface area contributed by atoms with Crippen LogP contribution in [-0.4, -0.2) is 68.9 Å². The summed E-state index contributed by atoms with van der Waals surface area (Å²) >= 11 is 0. The molecule has 0 unspecified atom stereocenters. The molecule has 3 heterocycles. The summed E-state index contributed by atoms with van der Waals surface area (Å²) in [5.41, 5.74) is -2.60. The molecular weight excluding hydrogens is 505 g/mol. The highest BCUT2D eigenvalue weighted by Gasteiger charge is 2.47. The van der Waals surface area contributed by atoms with Crippen LogP contribution in [0.5, 0.6) is 5.88 Å². The molecule has 3 N–H and O–H groups in total. The minimum atomic E-state index is -5.15. The largest absolute Gasteiger partial charge is 0.476 e. The molecular formula is C23H26F5N5O4. The highest BCUT2D eigenvalue weighted by Crippen LogP contribution is 2.41. The Labute approximate surface area is 208 Å². The van der Waals surface area contributed by atoms with Crippen molar-refractivity contribution in [2.45, 2.75) is 56.3 Å². The van der Waals surface area contributed by atoms with Crippen molar-refractivity contribution in [1.82, 2.24) is 20.1 Å². The molecule has 2 fully saturated rings. The van der Waals surface area contributed by atoms with E-state index in [1.807, 2.05) is 4.98 Å². The Morgan fingerprint density at radius 1 is 1.32 bits per heavy atom. The highest BCUT2D eigenvalue weighted by molar-refractivity contribution is 5.93. The molecule has 1 saturated heterocycles. The molecule has 1 aliphatic carbocycles. The summed E-state index contributed by atoms with van der Waals surface area (Å²) in [5.74, 6) is -4.52. The number of aromatic amines is 1.